The van der Waals surface area contributed by atoms with Gasteiger partial charge in [0.05, 0.1) is 0 Å². The number of unbranched alkanes of at least 4 members (excludes halogenated alkanes) is 34. The molecular formula is C76H130O6. The Hall–Kier alpha value is -3.93. The summed E-state index contributed by atoms with van der Waals surface area (Å²) in [7, 11) is 0. The summed E-state index contributed by atoms with van der Waals surface area (Å²) in [5, 5.41) is 0. The third-order valence-electron chi connectivity index (χ3n) is 15.0. The molecule has 0 aliphatic rings. The van der Waals surface area contributed by atoms with E-state index in [1.807, 2.05) is 0 Å². The Kier molecular flexibility index (Phi) is 66.2. The van der Waals surface area contributed by atoms with E-state index in [-0.39, 0.29) is 37.5 Å². The highest BCUT2D eigenvalue weighted by atomic mass is 16.6. The SMILES string of the molecule is CC/C=C\C/C=C\C/C=C\C/C=C\C/C=C\C/C=C\C/C=C\CCCCCC(=O)OC(COC(=O)CCCCCCCC)COC(=O)CCCCCCCCCCCCCCCCCCCCCCC/C=C\C/C=C\CCCCCCC. The lowest BCUT2D eigenvalue weighted by Gasteiger charge is -2.18. The molecule has 0 aromatic carbocycles. The number of allylic oxidation sites excluding steroid dienone is 18. The van der Waals surface area contributed by atoms with E-state index >= 15 is 0 Å². The minimum absolute atomic E-state index is 0.0896. The zero-order chi connectivity index (χ0) is 59.2. The highest BCUT2D eigenvalue weighted by Gasteiger charge is 2.19. The Morgan fingerprint density at radius 2 is 0.476 bits per heavy atom. The molecule has 6 heteroatoms. The van der Waals surface area contributed by atoms with E-state index in [1.165, 1.54) is 180 Å². The molecule has 0 saturated carbocycles. The first-order chi connectivity index (χ1) is 40.5. The molecule has 0 aromatic heterocycles. The lowest BCUT2D eigenvalue weighted by molar-refractivity contribution is -0.167. The van der Waals surface area contributed by atoms with Crippen LogP contribution in [0.5, 0.6) is 0 Å². The van der Waals surface area contributed by atoms with Gasteiger partial charge >= 0.3 is 17.9 Å². The molecule has 1 atom stereocenters. The van der Waals surface area contributed by atoms with E-state index in [0.29, 0.717) is 12.8 Å². The molecule has 82 heavy (non-hydrogen) atoms. The van der Waals surface area contributed by atoms with E-state index in [9.17, 15) is 14.4 Å². The van der Waals surface area contributed by atoms with E-state index in [1.54, 1.807) is 0 Å². The molecule has 0 aliphatic carbocycles. The van der Waals surface area contributed by atoms with Crippen molar-refractivity contribution in [3.05, 3.63) is 109 Å². The van der Waals surface area contributed by atoms with E-state index in [2.05, 4.69) is 130 Å². The normalized spacial score (nSPS) is 12.8. The van der Waals surface area contributed by atoms with Gasteiger partial charge in [-0.2, -0.15) is 0 Å². The summed E-state index contributed by atoms with van der Waals surface area (Å²) in [6.45, 7) is 6.45. The molecule has 0 fully saturated rings. The lowest BCUT2D eigenvalue weighted by atomic mass is 10.0. The van der Waals surface area contributed by atoms with Crippen LogP contribution < -0.4 is 0 Å². The van der Waals surface area contributed by atoms with Gasteiger partial charge in [-0.3, -0.25) is 14.4 Å². The molecule has 1 unspecified atom stereocenters. The van der Waals surface area contributed by atoms with Crippen molar-refractivity contribution in [3.63, 3.8) is 0 Å². The van der Waals surface area contributed by atoms with Gasteiger partial charge < -0.3 is 14.2 Å². The van der Waals surface area contributed by atoms with E-state index in [4.69, 9.17) is 14.2 Å². The number of carbonyl (C=O) groups is 3. The maximum Gasteiger partial charge on any atom is 0.306 e. The third-order valence-corrected chi connectivity index (χ3v) is 15.0. The lowest BCUT2D eigenvalue weighted by Crippen LogP contribution is -2.30. The Morgan fingerprint density at radius 3 is 0.756 bits per heavy atom. The molecule has 6 nitrogen and oxygen atoms in total. The Labute approximate surface area is 508 Å². The Balaban J connectivity index is 4.06. The van der Waals surface area contributed by atoms with E-state index in [0.717, 1.165) is 116 Å². The van der Waals surface area contributed by atoms with Gasteiger partial charge in [-0.05, 0) is 109 Å². The maximum atomic E-state index is 12.9. The summed E-state index contributed by atoms with van der Waals surface area (Å²) in [5.74, 6) is -0.923. The molecule has 0 N–H and O–H groups in total. The number of hydrogen-bond donors (Lipinski definition) is 0. The molecule has 0 heterocycles. The summed E-state index contributed by atoms with van der Waals surface area (Å²) < 4.78 is 16.8. The van der Waals surface area contributed by atoms with Crippen LogP contribution in [-0.2, 0) is 28.6 Å². The van der Waals surface area contributed by atoms with Gasteiger partial charge in [-0.1, -0.05) is 316 Å². The maximum absolute atomic E-state index is 12.9. The average Bonchev–Trinajstić information content (AvgIpc) is 3.47. The van der Waals surface area contributed by atoms with Gasteiger partial charge in [0.15, 0.2) is 6.10 Å². The summed E-state index contributed by atoms with van der Waals surface area (Å²) in [4.78, 5) is 38.1. The van der Waals surface area contributed by atoms with E-state index < -0.39 is 6.10 Å². The quantitative estimate of drug-likeness (QED) is 0.0261. The van der Waals surface area contributed by atoms with Gasteiger partial charge in [0, 0.05) is 19.3 Å². The number of hydrogen-bond acceptors (Lipinski definition) is 6. The van der Waals surface area contributed by atoms with Crippen LogP contribution in [0.2, 0.25) is 0 Å². The first-order valence-corrected chi connectivity index (χ1v) is 34.9. The first-order valence-electron chi connectivity index (χ1n) is 34.9. The molecule has 0 aliphatic heterocycles. The fourth-order valence-electron chi connectivity index (χ4n) is 9.81. The van der Waals surface area contributed by atoms with Crippen LogP contribution in [0.25, 0.3) is 0 Å². The molecule has 470 valence electrons. The number of ether oxygens (including phenoxy) is 3. The van der Waals surface area contributed by atoms with Crippen LogP contribution in [0.3, 0.4) is 0 Å². The monoisotopic (exact) mass is 1140 g/mol. The van der Waals surface area contributed by atoms with Crippen molar-refractivity contribution >= 4 is 17.9 Å². The Bertz CT molecular complexity index is 1640. The van der Waals surface area contributed by atoms with Gasteiger partial charge in [0.1, 0.15) is 13.2 Å². The number of carbonyl (C=O) groups excluding carboxylic acids is 3. The molecule has 0 rings (SSSR count). The minimum atomic E-state index is -0.794. The van der Waals surface area contributed by atoms with Crippen molar-refractivity contribution in [1.29, 1.82) is 0 Å². The second-order valence-electron chi connectivity index (χ2n) is 23.1. The van der Waals surface area contributed by atoms with Crippen molar-refractivity contribution < 1.29 is 28.6 Å². The van der Waals surface area contributed by atoms with Crippen LogP contribution in [0.4, 0.5) is 0 Å². The predicted molar refractivity (Wildman–Crippen MR) is 357 cm³/mol. The van der Waals surface area contributed by atoms with Gasteiger partial charge in [0.25, 0.3) is 0 Å². The third kappa shape index (κ3) is 66.9. The van der Waals surface area contributed by atoms with Crippen LogP contribution in [-0.4, -0.2) is 37.2 Å². The van der Waals surface area contributed by atoms with Crippen molar-refractivity contribution in [1.82, 2.24) is 0 Å². The molecule has 0 radical (unpaired) electrons. The van der Waals surface area contributed by atoms with Crippen molar-refractivity contribution in [2.45, 2.75) is 341 Å². The predicted octanol–water partition coefficient (Wildman–Crippen LogP) is 24.2. The van der Waals surface area contributed by atoms with Crippen LogP contribution >= 0.6 is 0 Å². The molecule has 0 saturated heterocycles. The van der Waals surface area contributed by atoms with Crippen molar-refractivity contribution in [3.8, 4) is 0 Å². The summed E-state index contributed by atoms with van der Waals surface area (Å²) in [6, 6.07) is 0. The average molecular weight is 1140 g/mol. The van der Waals surface area contributed by atoms with Crippen molar-refractivity contribution in [2.75, 3.05) is 13.2 Å². The van der Waals surface area contributed by atoms with Gasteiger partial charge in [-0.15, -0.1) is 0 Å². The highest BCUT2D eigenvalue weighted by Crippen LogP contribution is 2.17. The largest absolute Gasteiger partial charge is 0.462 e. The topological polar surface area (TPSA) is 78.9 Å². The summed E-state index contributed by atoms with van der Waals surface area (Å²) in [6.07, 6.45) is 95.9. The first kappa shape index (κ1) is 78.1. The second-order valence-corrected chi connectivity index (χ2v) is 23.1. The van der Waals surface area contributed by atoms with Gasteiger partial charge in [0.2, 0.25) is 0 Å². The zero-order valence-corrected chi connectivity index (χ0v) is 54.0. The van der Waals surface area contributed by atoms with Crippen LogP contribution in [0.1, 0.15) is 335 Å². The van der Waals surface area contributed by atoms with Crippen molar-refractivity contribution in [2.24, 2.45) is 0 Å². The zero-order valence-electron chi connectivity index (χ0n) is 54.0. The van der Waals surface area contributed by atoms with Crippen LogP contribution in [0.15, 0.2) is 109 Å². The highest BCUT2D eigenvalue weighted by molar-refractivity contribution is 5.71. The molecular weight excluding hydrogens is 1010 g/mol. The smallest absolute Gasteiger partial charge is 0.306 e. The molecule has 0 bridgehead atoms. The minimum Gasteiger partial charge on any atom is -0.462 e. The molecule has 0 amide bonds. The fraction of sp³-hybridized carbons (Fsp3) is 0.724. The fourth-order valence-corrected chi connectivity index (χ4v) is 9.81. The number of esters is 3. The Morgan fingerprint density at radius 1 is 0.256 bits per heavy atom. The summed E-state index contributed by atoms with van der Waals surface area (Å²) >= 11 is 0. The standard InChI is InChI=1S/C76H130O6/c1-4-7-10-13-16-18-20-22-24-26-28-30-32-34-35-36-37-38-39-40-41-43-44-46-48-50-52-54-56-58-60-63-66-69-75(78)81-72-73(71-80-74(77)68-65-62-15-12-9-6-3)82-76(79)70-67-64-61-59-57-55-53-51-49-47-45-42-33-31-29-27-25-23-21-19-17-14-11-8-5-2/h8,11,17,19-20,22-23,25-26,28-29,31,42,45,49,51,55,57,73H,4-7,9-10,12-16,18,21,24,27,30,32-41,43-44,46-48,50,52-54,56,58-72H2,1-3H3/b11-8-,19-17-,22-20-,25-23-,28-26-,31-29-,45-42-,51-49-,57-55-. The molecule has 0 aromatic rings. The number of rotatable bonds is 63. The second kappa shape index (κ2) is 69.6. The van der Waals surface area contributed by atoms with Crippen LogP contribution in [0, 0.1) is 0 Å². The molecule has 0 spiro atoms. The summed E-state index contributed by atoms with van der Waals surface area (Å²) in [5.41, 5.74) is 0. The van der Waals surface area contributed by atoms with Gasteiger partial charge in [-0.25, -0.2) is 0 Å².